The molecule has 0 saturated heterocycles. The molecule has 0 aliphatic heterocycles. The summed E-state index contributed by atoms with van der Waals surface area (Å²) in [5, 5.41) is 12.0. The SMILES string of the molecule is CC(C)C(CO)CN(C)c1ccc2ccccc2c1. The Hall–Kier alpha value is -1.54. The minimum Gasteiger partial charge on any atom is -0.396 e. The number of fused-ring (bicyclic) bond motifs is 1. The standard InChI is InChI=1S/C17H23NO/c1-13(2)16(12-19)11-18(3)17-9-8-14-6-4-5-7-15(14)10-17/h4-10,13,16,19H,11-12H2,1-3H3. The lowest BCUT2D eigenvalue weighted by molar-refractivity contribution is 0.193. The molecule has 0 amide bonds. The van der Waals surface area contributed by atoms with Gasteiger partial charge in [0.1, 0.15) is 0 Å². The van der Waals surface area contributed by atoms with Crippen LogP contribution in [0, 0.1) is 11.8 Å². The molecule has 2 aromatic carbocycles. The van der Waals surface area contributed by atoms with Gasteiger partial charge in [-0.2, -0.15) is 0 Å². The molecule has 0 radical (unpaired) electrons. The minimum absolute atomic E-state index is 0.246. The maximum atomic E-state index is 9.44. The highest BCUT2D eigenvalue weighted by molar-refractivity contribution is 5.85. The van der Waals surface area contributed by atoms with Crippen LogP contribution in [0.5, 0.6) is 0 Å². The van der Waals surface area contributed by atoms with E-state index in [1.54, 1.807) is 0 Å². The zero-order valence-electron chi connectivity index (χ0n) is 12.0. The molecule has 0 saturated carbocycles. The maximum Gasteiger partial charge on any atom is 0.0478 e. The summed E-state index contributed by atoms with van der Waals surface area (Å²) in [4.78, 5) is 2.23. The van der Waals surface area contributed by atoms with E-state index in [1.807, 2.05) is 0 Å². The van der Waals surface area contributed by atoms with Gasteiger partial charge in [0.15, 0.2) is 0 Å². The lowest BCUT2D eigenvalue weighted by atomic mass is 9.96. The Kier molecular flexibility index (Phi) is 4.43. The van der Waals surface area contributed by atoms with Crippen LogP contribution in [0.4, 0.5) is 5.69 Å². The number of anilines is 1. The van der Waals surface area contributed by atoms with Crippen molar-refractivity contribution in [1.82, 2.24) is 0 Å². The van der Waals surface area contributed by atoms with E-state index in [4.69, 9.17) is 0 Å². The Morgan fingerprint density at radius 2 is 1.74 bits per heavy atom. The Morgan fingerprint density at radius 3 is 2.37 bits per heavy atom. The van der Waals surface area contributed by atoms with Crippen LogP contribution >= 0.6 is 0 Å². The topological polar surface area (TPSA) is 23.5 Å². The predicted molar refractivity (Wildman–Crippen MR) is 82.6 cm³/mol. The number of aliphatic hydroxyl groups is 1. The van der Waals surface area contributed by atoms with Gasteiger partial charge in [0.25, 0.3) is 0 Å². The van der Waals surface area contributed by atoms with Crippen LogP contribution in [0.25, 0.3) is 10.8 Å². The van der Waals surface area contributed by atoms with Crippen LogP contribution < -0.4 is 4.90 Å². The zero-order valence-corrected chi connectivity index (χ0v) is 12.0. The molecule has 19 heavy (non-hydrogen) atoms. The molecule has 2 rings (SSSR count). The fourth-order valence-corrected chi connectivity index (χ4v) is 2.35. The van der Waals surface area contributed by atoms with Gasteiger partial charge in [0, 0.05) is 31.8 Å². The summed E-state index contributed by atoms with van der Waals surface area (Å²) in [6.07, 6.45) is 0. The first-order valence-electron chi connectivity index (χ1n) is 6.92. The van der Waals surface area contributed by atoms with Crippen molar-refractivity contribution in [3.8, 4) is 0 Å². The largest absolute Gasteiger partial charge is 0.396 e. The molecule has 1 unspecified atom stereocenters. The molecule has 0 spiro atoms. The molecule has 0 aliphatic carbocycles. The van der Waals surface area contributed by atoms with Gasteiger partial charge >= 0.3 is 0 Å². The van der Waals surface area contributed by atoms with Crippen molar-refractivity contribution in [3.05, 3.63) is 42.5 Å². The zero-order chi connectivity index (χ0) is 13.8. The van der Waals surface area contributed by atoms with Gasteiger partial charge in [-0.3, -0.25) is 0 Å². The second-order valence-corrected chi connectivity index (χ2v) is 5.60. The summed E-state index contributed by atoms with van der Waals surface area (Å²) >= 11 is 0. The first-order chi connectivity index (χ1) is 9.11. The third kappa shape index (κ3) is 3.27. The van der Waals surface area contributed by atoms with Crippen LogP contribution in [0.2, 0.25) is 0 Å². The molecule has 0 aromatic heterocycles. The first kappa shape index (κ1) is 13.9. The van der Waals surface area contributed by atoms with Gasteiger partial charge in [0.2, 0.25) is 0 Å². The van der Waals surface area contributed by atoms with E-state index >= 15 is 0 Å². The smallest absolute Gasteiger partial charge is 0.0478 e. The van der Waals surface area contributed by atoms with Crippen molar-refractivity contribution in [3.63, 3.8) is 0 Å². The first-order valence-corrected chi connectivity index (χ1v) is 6.92. The van der Waals surface area contributed by atoms with E-state index in [9.17, 15) is 5.11 Å². The predicted octanol–water partition coefficient (Wildman–Crippen LogP) is 3.54. The number of benzene rings is 2. The van der Waals surface area contributed by atoms with E-state index in [-0.39, 0.29) is 6.61 Å². The van der Waals surface area contributed by atoms with Crippen molar-refractivity contribution in [2.75, 3.05) is 25.1 Å². The molecule has 1 N–H and O–H groups in total. The van der Waals surface area contributed by atoms with Crippen LogP contribution in [0.15, 0.2) is 42.5 Å². The Balaban J connectivity index is 2.19. The van der Waals surface area contributed by atoms with Crippen LogP contribution in [0.3, 0.4) is 0 Å². The Morgan fingerprint density at radius 1 is 1.05 bits per heavy atom. The quantitative estimate of drug-likeness (QED) is 0.885. The molecule has 0 aliphatic rings. The van der Waals surface area contributed by atoms with Gasteiger partial charge in [-0.05, 0) is 28.8 Å². The van der Waals surface area contributed by atoms with Gasteiger partial charge in [-0.15, -0.1) is 0 Å². The average molecular weight is 257 g/mol. The molecule has 2 heteroatoms. The van der Waals surface area contributed by atoms with Gasteiger partial charge in [-0.25, -0.2) is 0 Å². The van der Waals surface area contributed by atoms with Crippen LogP contribution in [-0.4, -0.2) is 25.3 Å². The third-order valence-corrected chi connectivity index (χ3v) is 3.86. The summed E-state index contributed by atoms with van der Waals surface area (Å²) in [7, 11) is 2.09. The van der Waals surface area contributed by atoms with E-state index < -0.39 is 0 Å². The number of aliphatic hydroxyl groups excluding tert-OH is 1. The molecule has 102 valence electrons. The number of hydrogen-bond donors (Lipinski definition) is 1. The molecule has 1 atom stereocenters. The molecular formula is C17H23NO. The maximum absolute atomic E-state index is 9.44. The lowest BCUT2D eigenvalue weighted by Gasteiger charge is -2.27. The summed E-state index contributed by atoms with van der Waals surface area (Å²) in [6, 6.07) is 14.9. The van der Waals surface area contributed by atoms with Crippen LogP contribution in [0.1, 0.15) is 13.8 Å². The molecule has 0 heterocycles. The summed E-state index contributed by atoms with van der Waals surface area (Å²) in [5.74, 6) is 0.810. The monoisotopic (exact) mass is 257 g/mol. The van der Waals surface area contributed by atoms with Gasteiger partial charge < -0.3 is 10.0 Å². The lowest BCUT2D eigenvalue weighted by Crippen LogP contribution is -2.30. The average Bonchev–Trinajstić information content (AvgIpc) is 2.43. The molecule has 0 bridgehead atoms. The van der Waals surface area contributed by atoms with E-state index in [2.05, 4.69) is 68.3 Å². The van der Waals surface area contributed by atoms with Crippen molar-refractivity contribution in [1.29, 1.82) is 0 Å². The fraction of sp³-hybridized carbons (Fsp3) is 0.412. The van der Waals surface area contributed by atoms with Crippen molar-refractivity contribution in [2.24, 2.45) is 11.8 Å². The number of rotatable bonds is 5. The summed E-state index contributed by atoms with van der Waals surface area (Å²) < 4.78 is 0. The molecule has 2 aromatic rings. The minimum atomic E-state index is 0.246. The third-order valence-electron chi connectivity index (χ3n) is 3.86. The van der Waals surface area contributed by atoms with Gasteiger partial charge in [0.05, 0.1) is 0 Å². The van der Waals surface area contributed by atoms with Crippen molar-refractivity contribution < 1.29 is 5.11 Å². The summed E-state index contributed by atoms with van der Waals surface area (Å²) in [5.41, 5.74) is 1.21. The highest BCUT2D eigenvalue weighted by Crippen LogP contribution is 2.23. The van der Waals surface area contributed by atoms with Crippen molar-refractivity contribution in [2.45, 2.75) is 13.8 Å². The fourth-order valence-electron chi connectivity index (χ4n) is 2.35. The normalized spacial score (nSPS) is 12.9. The molecule has 2 nitrogen and oxygen atoms in total. The van der Waals surface area contributed by atoms with Crippen molar-refractivity contribution >= 4 is 16.5 Å². The number of nitrogens with zero attached hydrogens (tertiary/aromatic N) is 1. The van der Waals surface area contributed by atoms with Crippen LogP contribution in [-0.2, 0) is 0 Å². The highest BCUT2D eigenvalue weighted by atomic mass is 16.3. The van der Waals surface area contributed by atoms with Gasteiger partial charge in [-0.1, -0.05) is 44.2 Å². The highest BCUT2D eigenvalue weighted by Gasteiger charge is 2.15. The molecular weight excluding hydrogens is 234 g/mol. The Labute approximate surface area is 115 Å². The molecule has 0 fully saturated rings. The van der Waals surface area contributed by atoms with E-state index in [0.29, 0.717) is 11.8 Å². The second kappa shape index (κ2) is 6.07. The second-order valence-electron chi connectivity index (χ2n) is 5.60. The Bertz CT molecular complexity index is 536. The van der Waals surface area contributed by atoms with E-state index in [0.717, 1.165) is 6.54 Å². The van der Waals surface area contributed by atoms with E-state index in [1.165, 1.54) is 16.5 Å². The summed E-state index contributed by atoms with van der Waals surface area (Å²) in [6.45, 7) is 5.45. The number of hydrogen-bond acceptors (Lipinski definition) is 2.